The molecule has 30 heavy (non-hydrogen) atoms. The molecule has 1 atom stereocenters. The number of aliphatic hydroxyl groups excluding tert-OH is 2. The standard InChI is InChI=1S/C24H22N2O4/c27-14-17-5-7-18(8-6-17)24-13-23(22-4-2-1-3-19(22)15-28)25-26(24)20-9-11-21(12-10-20)30-16-29/h1-12,16,24,27-28H,13-15H2. The van der Waals surface area contributed by atoms with Crippen molar-refractivity contribution in [2.45, 2.75) is 25.7 Å². The minimum Gasteiger partial charge on any atom is -0.429 e. The van der Waals surface area contributed by atoms with Crippen molar-refractivity contribution in [2.75, 3.05) is 5.01 Å². The number of hydrogen-bond donors (Lipinski definition) is 2. The SMILES string of the molecule is O=COc1ccc(N2N=C(c3ccccc3CO)CC2c2ccc(CO)cc2)cc1. The third-order valence-electron chi connectivity index (χ3n) is 5.24. The van der Waals surface area contributed by atoms with E-state index >= 15 is 0 Å². The number of carbonyl (C=O) groups is 1. The smallest absolute Gasteiger partial charge is 0.298 e. The molecule has 2 N–H and O–H groups in total. The first kappa shape index (κ1) is 19.8. The Morgan fingerprint density at radius 2 is 1.70 bits per heavy atom. The van der Waals surface area contributed by atoms with Crippen molar-refractivity contribution < 1.29 is 19.7 Å². The number of ether oxygens (including phenoxy) is 1. The second-order valence-electron chi connectivity index (χ2n) is 7.03. The van der Waals surface area contributed by atoms with Crippen LogP contribution in [0.4, 0.5) is 5.69 Å². The van der Waals surface area contributed by atoms with Crippen molar-refractivity contribution in [3.05, 3.63) is 95.1 Å². The van der Waals surface area contributed by atoms with E-state index in [0.717, 1.165) is 33.7 Å². The minimum atomic E-state index is -0.0528. The molecule has 0 saturated carbocycles. The monoisotopic (exact) mass is 402 g/mol. The Morgan fingerprint density at radius 1 is 0.967 bits per heavy atom. The van der Waals surface area contributed by atoms with Gasteiger partial charge in [0, 0.05) is 12.0 Å². The molecule has 0 bridgehead atoms. The van der Waals surface area contributed by atoms with Gasteiger partial charge in [-0.05, 0) is 41.0 Å². The molecule has 0 spiro atoms. The van der Waals surface area contributed by atoms with E-state index in [1.165, 1.54) is 0 Å². The van der Waals surface area contributed by atoms with Crippen molar-refractivity contribution in [3.63, 3.8) is 0 Å². The topological polar surface area (TPSA) is 82.4 Å². The summed E-state index contributed by atoms with van der Waals surface area (Å²) in [6.07, 6.45) is 0.669. The zero-order valence-corrected chi connectivity index (χ0v) is 16.3. The van der Waals surface area contributed by atoms with Crippen LogP contribution in [0.2, 0.25) is 0 Å². The molecule has 3 aromatic carbocycles. The molecule has 3 aromatic rings. The highest BCUT2D eigenvalue weighted by Gasteiger charge is 2.30. The minimum absolute atomic E-state index is 0.00151. The molecule has 152 valence electrons. The van der Waals surface area contributed by atoms with E-state index in [4.69, 9.17) is 9.84 Å². The molecule has 1 aliphatic heterocycles. The molecule has 6 nitrogen and oxygen atoms in total. The number of aliphatic hydroxyl groups is 2. The summed E-state index contributed by atoms with van der Waals surface area (Å²) in [5.41, 5.74) is 5.44. The van der Waals surface area contributed by atoms with Gasteiger partial charge in [-0.3, -0.25) is 9.80 Å². The van der Waals surface area contributed by atoms with Crippen LogP contribution in [0.25, 0.3) is 0 Å². The fourth-order valence-corrected chi connectivity index (χ4v) is 3.69. The Bertz CT molecular complexity index is 1050. The van der Waals surface area contributed by atoms with Crippen molar-refractivity contribution >= 4 is 17.9 Å². The molecule has 1 aliphatic rings. The number of hydrogen-bond acceptors (Lipinski definition) is 6. The summed E-state index contributed by atoms with van der Waals surface area (Å²) in [5.74, 6) is 0.464. The summed E-state index contributed by atoms with van der Waals surface area (Å²) in [5, 5.41) is 25.9. The maximum absolute atomic E-state index is 10.6. The quantitative estimate of drug-likeness (QED) is 0.591. The maximum atomic E-state index is 10.6. The summed E-state index contributed by atoms with van der Waals surface area (Å²) in [6.45, 7) is 0.347. The van der Waals surface area contributed by atoms with Crippen molar-refractivity contribution in [1.82, 2.24) is 0 Å². The Morgan fingerprint density at radius 3 is 2.37 bits per heavy atom. The summed E-state index contributed by atoms with van der Waals surface area (Å²) in [7, 11) is 0. The number of carbonyl (C=O) groups excluding carboxylic acids is 1. The average Bonchev–Trinajstić information content (AvgIpc) is 3.25. The molecule has 0 amide bonds. The summed E-state index contributed by atoms with van der Waals surface area (Å²) >= 11 is 0. The predicted molar refractivity (Wildman–Crippen MR) is 114 cm³/mol. The number of nitrogens with zero attached hydrogens (tertiary/aromatic N) is 2. The highest BCUT2D eigenvalue weighted by Crippen LogP contribution is 2.37. The first-order valence-corrected chi connectivity index (χ1v) is 9.69. The number of anilines is 1. The second kappa shape index (κ2) is 8.90. The van der Waals surface area contributed by atoms with E-state index in [2.05, 4.69) is 0 Å². The van der Waals surface area contributed by atoms with Crippen molar-refractivity contribution in [2.24, 2.45) is 5.10 Å². The van der Waals surface area contributed by atoms with Gasteiger partial charge in [0.1, 0.15) is 5.75 Å². The van der Waals surface area contributed by atoms with Gasteiger partial charge in [-0.15, -0.1) is 0 Å². The molecule has 1 heterocycles. The van der Waals surface area contributed by atoms with Crippen molar-refractivity contribution in [1.29, 1.82) is 0 Å². The van der Waals surface area contributed by atoms with Gasteiger partial charge in [-0.1, -0.05) is 48.5 Å². The van der Waals surface area contributed by atoms with E-state index in [-0.39, 0.29) is 19.3 Å². The molecule has 6 heteroatoms. The van der Waals surface area contributed by atoms with Gasteiger partial charge in [0.05, 0.1) is 30.7 Å². The van der Waals surface area contributed by atoms with Crippen LogP contribution >= 0.6 is 0 Å². The molecule has 0 fully saturated rings. The molecule has 0 aliphatic carbocycles. The molecule has 0 saturated heterocycles. The Hall–Kier alpha value is -3.48. The third-order valence-corrected chi connectivity index (χ3v) is 5.24. The average molecular weight is 402 g/mol. The highest BCUT2D eigenvalue weighted by molar-refractivity contribution is 6.04. The van der Waals surface area contributed by atoms with Gasteiger partial charge in [-0.2, -0.15) is 5.10 Å². The fourth-order valence-electron chi connectivity index (χ4n) is 3.69. The van der Waals surface area contributed by atoms with Crippen LogP contribution in [0.5, 0.6) is 5.75 Å². The Labute approximate surface area is 174 Å². The molecular weight excluding hydrogens is 380 g/mol. The van der Waals surface area contributed by atoms with Crippen LogP contribution in [0, 0.1) is 0 Å². The lowest BCUT2D eigenvalue weighted by atomic mass is 9.95. The van der Waals surface area contributed by atoms with Crippen LogP contribution < -0.4 is 9.75 Å². The van der Waals surface area contributed by atoms with Gasteiger partial charge in [0.15, 0.2) is 0 Å². The van der Waals surface area contributed by atoms with Gasteiger partial charge in [0.2, 0.25) is 0 Å². The Kier molecular flexibility index (Phi) is 5.88. The van der Waals surface area contributed by atoms with Crippen molar-refractivity contribution in [3.8, 4) is 5.75 Å². The molecule has 0 radical (unpaired) electrons. The molecule has 4 rings (SSSR count). The fraction of sp³-hybridized carbons (Fsp3) is 0.167. The zero-order valence-electron chi connectivity index (χ0n) is 16.3. The van der Waals surface area contributed by atoms with E-state index < -0.39 is 0 Å². The number of benzene rings is 3. The van der Waals surface area contributed by atoms with E-state index in [1.807, 2.05) is 65.7 Å². The van der Waals surface area contributed by atoms with Gasteiger partial charge < -0.3 is 14.9 Å². The van der Waals surface area contributed by atoms with E-state index in [0.29, 0.717) is 18.6 Å². The summed E-state index contributed by atoms with van der Waals surface area (Å²) in [4.78, 5) is 10.6. The second-order valence-corrected chi connectivity index (χ2v) is 7.03. The first-order valence-electron chi connectivity index (χ1n) is 9.69. The number of rotatable bonds is 7. The molecule has 0 aromatic heterocycles. The lowest BCUT2D eigenvalue weighted by Gasteiger charge is -2.24. The first-order chi connectivity index (χ1) is 14.7. The van der Waals surface area contributed by atoms with E-state index in [1.54, 1.807) is 12.1 Å². The van der Waals surface area contributed by atoms with Gasteiger partial charge >= 0.3 is 0 Å². The van der Waals surface area contributed by atoms with Crippen LogP contribution in [0.1, 0.15) is 34.7 Å². The lowest BCUT2D eigenvalue weighted by molar-refractivity contribution is -0.120. The van der Waals surface area contributed by atoms with Crippen LogP contribution in [-0.2, 0) is 18.0 Å². The zero-order chi connectivity index (χ0) is 20.9. The highest BCUT2D eigenvalue weighted by atomic mass is 16.5. The predicted octanol–water partition coefficient (Wildman–Crippen LogP) is 3.56. The maximum Gasteiger partial charge on any atom is 0.298 e. The number of hydrazone groups is 1. The van der Waals surface area contributed by atoms with E-state index in [9.17, 15) is 15.0 Å². The third kappa shape index (κ3) is 3.96. The van der Waals surface area contributed by atoms with Gasteiger partial charge in [-0.25, -0.2) is 0 Å². The van der Waals surface area contributed by atoms with Crippen LogP contribution in [-0.4, -0.2) is 22.4 Å². The summed E-state index contributed by atoms with van der Waals surface area (Å²) < 4.78 is 4.89. The molecule has 1 unspecified atom stereocenters. The van der Waals surface area contributed by atoms with Gasteiger partial charge in [0.25, 0.3) is 6.47 Å². The van der Waals surface area contributed by atoms with Crippen LogP contribution in [0.3, 0.4) is 0 Å². The summed E-state index contributed by atoms with van der Waals surface area (Å²) in [6, 6.07) is 22.7. The Balaban J connectivity index is 1.73. The normalized spacial score (nSPS) is 15.7. The lowest BCUT2D eigenvalue weighted by Crippen LogP contribution is -2.18. The molecular formula is C24H22N2O4. The van der Waals surface area contributed by atoms with Crippen LogP contribution in [0.15, 0.2) is 77.9 Å². The largest absolute Gasteiger partial charge is 0.429 e.